The molecule has 0 saturated carbocycles. The molecule has 0 atom stereocenters. The number of carbonyl (C=O) groups is 2. The highest BCUT2D eigenvalue weighted by Gasteiger charge is 2.34. The van der Waals surface area contributed by atoms with Gasteiger partial charge >= 0.3 is 12.1 Å². The van der Waals surface area contributed by atoms with Crippen LogP contribution < -0.4 is 0 Å². The molecule has 0 aliphatic heterocycles. The van der Waals surface area contributed by atoms with Crippen molar-refractivity contribution in [2.45, 2.75) is 6.18 Å². The van der Waals surface area contributed by atoms with E-state index in [1.807, 2.05) is 0 Å². The molecule has 100 valence electrons. The molecule has 0 fully saturated rings. The molecule has 0 unspecified atom stereocenters. The number of rotatable bonds is 5. The van der Waals surface area contributed by atoms with Crippen LogP contribution in [0, 0.1) is 0 Å². The molecular weight excluding hydrogens is 267 g/mol. The summed E-state index contributed by atoms with van der Waals surface area (Å²) < 4.78 is 57.5. The molecule has 0 radical (unpaired) electrons. The lowest BCUT2D eigenvalue weighted by molar-refractivity contribution is -0.164. The van der Waals surface area contributed by atoms with Crippen molar-refractivity contribution in [1.29, 1.82) is 0 Å². The number of alkyl halides is 3. The molecule has 0 aromatic rings. The van der Waals surface area contributed by atoms with Gasteiger partial charge in [0.25, 0.3) is 0 Å². The molecule has 6 nitrogen and oxygen atoms in total. The maximum Gasteiger partial charge on any atom is 0.406 e. The fraction of sp³-hybridized carbons (Fsp3) is 0.714. The Morgan fingerprint density at radius 1 is 1.29 bits per heavy atom. The van der Waals surface area contributed by atoms with Gasteiger partial charge in [-0.3, -0.25) is 9.59 Å². The van der Waals surface area contributed by atoms with E-state index < -0.39 is 46.7 Å². The Kier molecular flexibility index (Phi) is 4.93. The number of carboxylic acids is 1. The number of halogens is 3. The van der Waals surface area contributed by atoms with E-state index in [9.17, 15) is 31.2 Å². The molecule has 0 aliphatic rings. The van der Waals surface area contributed by atoms with Crippen LogP contribution in [0.4, 0.5) is 13.2 Å². The average molecular weight is 277 g/mol. The Morgan fingerprint density at radius 2 is 1.76 bits per heavy atom. The average Bonchev–Trinajstić information content (AvgIpc) is 1.95. The summed E-state index contributed by atoms with van der Waals surface area (Å²) in [7, 11) is -3.81. The third kappa shape index (κ3) is 8.48. The van der Waals surface area contributed by atoms with Gasteiger partial charge in [0.2, 0.25) is 5.91 Å². The number of carbonyl (C=O) groups excluding carboxylic acids is 1. The zero-order valence-electron chi connectivity index (χ0n) is 8.69. The predicted molar refractivity (Wildman–Crippen MR) is 50.0 cm³/mol. The summed E-state index contributed by atoms with van der Waals surface area (Å²) in [5.74, 6) is -4.21. The Bertz CT molecular complexity index is 402. The summed E-state index contributed by atoms with van der Waals surface area (Å²) in [5.41, 5.74) is 0. The Morgan fingerprint density at radius 3 is 2.06 bits per heavy atom. The number of sulfone groups is 1. The van der Waals surface area contributed by atoms with Gasteiger partial charge in [-0.1, -0.05) is 0 Å². The van der Waals surface area contributed by atoms with E-state index in [1.54, 1.807) is 0 Å². The second-order valence-electron chi connectivity index (χ2n) is 3.33. The summed E-state index contributed by atoms with van der Waals surface area (Å²) in [6.45, 7) is -3.00. The molecule has 1 N–H and O–H groups in total. The highest BCUT2D eigenvalue weighted by atomic mass is 32.2. The maximum atomic E-state index is 12.0. The molecule has 17 heavy (non-hydrogen) atoms. The van der Waals surface area contributed by atoms with Crippen molar-refractivity contribution in [1.82, 2.24) is 4.90 Å². The predicted octanol–water partition coefficient (Wildman–Crippen LogP) is -0.494. The summed E-state index contributed by atoms with van der Waals surface area (Å²) in [5, 5.41) is 8.32. The van der Waals surface area contributed by atoms with Gasteiger partial charge in [0.05, 0.1) is 0 Å². The van der Waals surface area contributed by atoms with Crippen molar-refractivity contribution in [3.8, 4) is 0 Å². The van der Waals surface area contributed by atoms with E-state index in [2.05, 4.69) is 0 Å². The minimum Gasteiger partial charge on any atom is -0.480 e. The zero-order valence-corrected chi connectivity index (χ0v) is 9.51. The van der Waals surface area contributed by atoms with E-state index in [-0.39, 0.29) is 4.90 Å². The van der Waals surface area contributed by atoms with Crippen LogP contribution in [0.5, 0.6) is 0 Å². The number of aliphatic carboxylic acids is 1. The van der Waals surface area contributed by atoms with Gasteiger partial charge in [-0.25, -0.2) is 8.42 Å². The number of hydrogen-bond acceptors (Lipinski definition) is 4. The number of amides is 1. The first-order valence-electron chi connectivity index (χ1n) is 4.15. The van der Waals surface area contributed by atoms with Crippen molar-refractivity contribution >= 4 is 21.7 Å². The van der Waals surface area contributed by atoms with E-state index >= 15 is 0 Å². The van der Waals surface area contributed by atoms with Crippen LogP contribution in [0.3, 0.4) is 0 Å². The molecule has 0 aromatic carbocycles. The lowest BCUT2D eigenvalue weighted by atomic mass is 10.4. The van der Waals surface area contributed by atoms with Crippen LogP contribution in [0.1, 0.15) is 0 Å². The minimum atomic E-state index is -4.79. The second kappa shape index (κ2) is 5.34. The molecule has 0 aromatic heterocycles. The molecular formula is C7H10F3NO5S. The summed E-state index contributed by atoms with van der Waals surface area (Å²) in [4.78, 5) is 21.3. The first-order valence-corrected chi connectivity index (χ1v) is 6.21. The van der Waals surface area contributed by atoms with Crippen LogP contribution >= 0.6 is 0 Å². The quantitative estimate of drug-likeness (QED) is 0.732. The maximum absolute atomic E-state index is 12.0. The third-order valence-electron chi connectivity index (χ3n) is 1.43. The Hall–Kier alpha value is -1.32. The molecule has 0 aliphatic carbocycles. The van der Waals surface area contributed by atoms with Crippen LogP contribution in [0.25, 0.3) is 0 Å². The number of carboxylic acid groups (broad SMARTS) is 1. The first-order chi connectivity index (χ1) is 7.41. The molecule has 10 heteroatoms. The first kappa shape index (κ1) is 15.7. The van der Waals surface area contributed by atoms with Crippen LogP contribution in [-0.2, 0) is 19.4 Å². The van der Waals surface area contributed by atoms with Crippen molar-refractivity contribution in [2.24, 2.45) is 0 Å². The monoisotopic (exact) mass is 277 g/mol. The molecule has 0 rings (SSSR count). The molecule has 0 saturated heterocycles. The fourth-order valence-electron chi connectivity index (χ4n) is 0.928. The molecule has 0 heterocycles. The van der Waals surface area contributed by atoms with Gasteiger partial charge in [-0.15, -0.1) is 0 Å². The van der Waals surface area contributed by atoms with Crippen LogP contribution in [0.2, 0.25) is 0 Å². The standard InChI is InChI=1S/C7H10F3NO5S/c1-17(15,16)3-5(12)11(2-6(13)14)4-7(8,9)10/h2-4H2,1H3,(H,13,14). The minimum absolute atomic E-state index is 0.0661. The molecule has 0 bridgehead atoms. The summed E-state index contributed by atoms with van der Waals surface area (Å²) in [6, 6.07) is 0. The lowest BCUT2D eigenvalue weighted by Crippen LogP contribution is -2.44. The Balaban J connectivity index is 4.80. The molecule has 0 spiro atoms. The van der Waals surface area contributed by atoms with E-state index in [4.69, 9.17) is 5.11 Å². The van der Waals surface area contributed by atoms with Crippen LogP contribution in [0.15, 0.2) is 0 Å². The third-order valence-corrected chi connectivity index (χ3v) is 2.21. The van der Waals surface area contributed by atoms with Gasteiger partial charge in [0.15, 0.2) is 9.84 Å². The van der Waals surface area contributed by atoms with Crippen molar-refractivity contribution in [3.63, 3.8) is 0 Å². The highest BCUT2D eigenvalue weighted by Crippen LogP contribution is 2.16. The number of hydrogen-bond donors (Lipinski definition) is 1. The Labute approximate surface area is 94.9 Å². The smallest absolute Gasteiger partial charge is 0.406 e. The lowest BCUT2D eigenvalue weighted by Gasteiger charge is -2.21. The van der Waals surface area contributed by atoms with Crippen molar-refractivity contribution in [2.75, 3.05) is 25.1 Å². The van der Waals surface area contributed by atoms with Gasteiger partial charge in [0.1, 0.15) is 18.8 Å². The topological polar surface area (TPSA) is 91.8 Å². The van der Waals surface area contributed by atoms with Gasteiger partial charge in [-0.05, 0) is 0 Å². The normalized spacial score (nSPS) is 12.2. The summed E-state index contributed by atoms with van der Waals surface area (Å²) in [6.07, 6.45) is -4.12. The molecule has 1 amide bonds. The van der Waals surface area contributed by atoms with Crippen molar-refractivity contribution < 1.29 is 36.3 Å². The van der Waals surface area contributed by atoms with E-state index in [1.165, 1.54) is 0 Å². The van der Waals surface area contributed by atoms with E-state index in [0.29, 0.717) is 6.26 Å². The number of nitrogens with zero attached hydrogens (tertiary/aromatic N) is 1. The van der Waals surface area contributed by atoms with Gasteiger partial charge in [-0.2, -0.15) is 13.2 Å². The zero-order chi connectivity index (χ0) is 13.9. The van der Waals surface area contributed by atoms with Gasteiger partial charge in [0, 0.05) is 6.26 Å². The van der Waals surface area contributed by atoms with E-state index in [0.717, 1.165) is 0 Å². The SMILES string of the molecule is CS(=O)(=O)CC(=O)N(CC(=O)O)CC(F)(F)F. The second-order valence-corrected chi connectivity index (χ2v) is 5.47. The fourth-order valence-corrected chi connectivity index (χ4v) is 1.56. The largest absolute Gasteiger partial charge is 0.480 e. The van der Waals surface area contributed by atoms with Crippen LogP contribution in [-0.4, -0.2) is 61.6 Å². The summed E-state index contributed by atoms with van der Waals surface area (Å²) >= 11 is 0. The highest BCUT2D eigenvalue weighted by molar-refractivity contribution is 7.91. The van der Waals surface area contributed by atoms with Gasteiger partial charge < -0.3 is 10.0 Å². The van der Waals surface area contributed by atoms with Crippen molar-refractivity contribution in [3.05, 3.63) is 0 Å².